The highest BCUT2D eigenvalue weighted by molar-refractivity contribution is 5.89. The summed E-state index contributed by atoms with van der Waals surface area (Å²) in [7, 11) is 0. The summed E-state index contributed by atoms with van der Waals surface area (Å²) < 4.78 is 0. The van der Waals surface area contributed by atoms with Crippen LogP contribution in [0.15, 0.2) is 49.1 Å². The lowest BCUT2D eigenvalue weighted by molar-refractivity contribution is -0.136. The van der Waals surface area contributed by atoms with Crippen LogP contribution in [0.2, 0.25) is 0 Å². The summed E-state index contributed by atoms with van der Waals surface area (Å²) in [6.45, 7) is 3.98. The maximum atomic E-state index is 13.2. The first-order valence-corrected chi connectivity index (χ1v) is 9.73. The van der Waals surface area contributed by atoms with Crippen LogP contribution >= 0.6 is 0 Å². The van der Waals surface area contributed by atoms with Gasteiger partial charge in [-0.15, -0.1) is 0 Å². The van der Waals surface area contributed by atoms with E-state index in [1.54, 1.807) is 18.6 Å². The average molecular weight is 392 g/mol. The van der Waals surface area contributed by atoms with Crippen LogP contribution in [0.25, 0.3) is 10.9 Å². The number of benzene rings is 1. The van der Waals surface area contributed by atoms with E-state index in [4.69, 9.17) is 0 Å². The molecular weight excluding hydrogens is 368 g/mol. The van der Waals surface area contributed by atoms with Crippen LogP contribution in [0.1, 0.15) is 12.5 Å². The van der Waals surface area contributed by atoms with E-state index in [-0.39, 0.29) is 11.8 Å². The number of amides is 2. The Morgan fingerprint density at radius 3 is 2.69 bits per heavy atom. The van der Waals surface area contributed by atoms with Crippen LogP contribution < -0.4 is 10.2 Å². The van der Waals surface area contributed by atoms with Crippen molar-refractivity contribution >= 4 is 28.5 Å². The number of H-pyrrole nitrogens is 1. The van der Waals surface area contributed by atoms with Crippen molar-refractivity contribution in [3.63, 3.8) is 0 Å². The van der Waals surface area contributed by atoms with E-state index < -0.39 is 6.04 Å². The SMILES string of the molecule is CC(=O)N[C@@H](Cc1c[nH]c2ccccc12)C(=O)N1CCN(c2cnccn2)CC1. The summed E-state index contributed by atoms with van der Waals surface area (Å²) in [6.07, 6.45) is 7.41. The largest absolute Gasteiger partial charge is 0.361 e. The molecule has 3 heterocycles. The van der Waals surface area contributed by atoms with Crippen molar-refractivity contribution in [3.8, 4) is 0 Å². The summed E-state index contributed by atoms with van der Waals surface area (Å²) >= 11 is 0. The van der Waals surface area contributed by atoms with Crippen LogP contribution in [-0.2, 0) is 16.0 Å². The number of hydrogen-bond acceptors (Lipinski definition) is 5. The first kappa shape index (κ1) is 18.9. The molecule has 1 aliphatic heterocycles. The minimum Gasteiger partial charge on any atom is -0.361 e. The number of nitrogens with zero attached hydrogens (tertiary/aromatic N) is 4. The van der Waals surface area contributed by atoms with E-state index >= 15 is 0 Å². The summed E-state index contributed by atoms with van der Waals surface area (Å²) in [5.74, 6) is 0.558. The molecule has 1 aromatic carbocycles. The van der Waals surface area contributed by atoms with E-state index in [0.717, 1.165) is 22.3 Å². The van der Waals surface area contributed by atoms with E-state index in [1.807, 2.05) is 35.4 Å². The molecule has 1 aliphatic rings. The second kappa shape index (κ2) is 8.30. The quantitative estimate of drug-likeness (QED) is 0.684. The monoisotopic (exact) mass is 392 g/mol. The van der Waals surface area contributed by atoms with E-state index in [1.165, 1.54) is 6.92 Å². The summed E-state index contributed by atoms with van der Waals surface area (Å²) in [5.41, 5.74) is 2.04. The zero-order chi connectivity index (χ0) is 20.2. The highest BCUT2D eigenvalue weighted by Gasteiger charge is 2.29. The van der Waals surface area contributed by atoms with Gasteiger partial charge in [0.2, 0.25) is 11.8 Å². The predicted molar refractivity (Wildman–Crippen MR) is 110 cm³/mol. The number of para-hydroxylation sites is 1. The Morgan fingerprint density at radius 1 is 1.17 bits per heavy atom. The van der Waals surface area contributed by atoms with Gasteiger partial charge in [-0.1, -0.05) is 18.2 Å². The van der Waals surface area contributed by atoms with Crippen LogP contribution in [0, 0.1) is 0 Å². The van der Waals surface area contributed by atoms with Crippen molar-refractivity contribution in [2.24, 2.45) is 0 Å². The van der Waals surface area contributed by atoms with Gasteiger partial charge in [-0.2, -0.15) is 0 Å². The fourth-order valence-electron chi connectivity index (χ4n) is 3.80. The second-order valence-corrected chi connectivity index (χ2v) is 7.19. The van der Waals surface area contributed by atoms with Gasteiger partial charge in [-0.05, 0) is 11.6 Å². The summed E-state index contributed by atoms with van der Waals surface area (Å²) in [5, 5.41) is 3.92. The number of carbonyl (C=O) groups excluding carboxylic acids is 2. The van der Waals surface area contributed by atoms with Crippen LogP contribution in [0.4, 0.5) is 5.82 Å². The fourth-order valence-corrected chi connectivity index (χ4v) is 3.80. The van der Waals surface area contributed by atoms with Gasteiger partial charge in [0.05, 0.1) is 6.20 Å². The highest BCUT2D eigenvalue weighted by atomic mass is 16.2. The molecule has 0 unspecified atom stereocenters. The van der Waals surface area contributed by atoms with Gasteiger partial charge in [-0.3, -0.25) is 14.6 Å². The molecule has 0 aliphatic carbocycles. The topological polar surface area (TPSA) is 94.2 Å². The van der Waals surface area contributed by atoms with Gasteiger partial charge in [0.1, 0.15) is 11.9 Å². The number of fused-ring (bicyclic) bond motifs is 1. The second-order valence-electron chi connectivity index (χ2n) is 7.19. The molecule has 29 heavy (non-hydrogen) atoms. The van der Waals surface area contributed by atoms with Crippen LogP contribution in [0.3, 0.4) is 0 Å². The van der Waals surface area contributed by atoms with Gasteiger partial charge >= 0.3 is 0 Å². The number of rotatable bonds is 5. The Balaban J connectivity index is 1.46. The molecule has 0 bridgehead atoms. The molecule has 3 aromatic rings. The number of aromatic amines is 1. The van der Waals surface area contributed by atoms with E-state index in [2.05, 4.69) is 25.2 Å². The Kier molecular flexibility index (Phi) is 5.41. The molecular formula is C21H24N6O2. The molecule has 1 fully saturated rings. The third-order valence-corrected chi connectivity index (χ3v) is 5.24. The van der Waals surface area contributed by atoms with Crippen molar-refractivity contribution < 1.29 is 9.59 Å². The maximum Gasteiger partial charge on any atom is 0.245 e. The molecule has 2 N–H and O–H groups in total. The highest BCUT2D eigenvalue weighted by Crippen LogP contribution is 2.20. The minimum atomic E-state index is -0.588. The third kappa shape index (κ3) is 4.21. The molecule has 0 spiro atoms. The number of piperazine rings is 1. The van der Waals surface area contributed by atoms with E-state index in [0.29, 0.717) is 32.6 Å². The third-order valence-electron chi connectivity index (χ3n) is 5.24. The maximum absolute atomic E-state index is 13.2. The molecule has 8 heteroatoms. The Morgan fingerprint density at radius 2 is 1.97 bits per heavy atom. The normalized spacial score (nSPS) is 15.3. The molecule has 2 aromatic heterocycles. The Bertz CT molecular complexity index is 995. The molecule has 150 valence electrons. The summed E-state index contributed by atoms with van der Waals surface area (Å²) in [4.78, 5) is 40.6. The minimum absolute atomic E-state index is 0.0516. The van der Waals surface area contributed by atoms with Crippen molar-refractivity contribution in [1.29, 1.82) is 0 Å². The zero-order valence-electron chi connectivity index (χ0n) is 16.3. The van der Waals surface area contributed by atoms with E-state index in [9.17, 15) is 9.59 Å². The Hall–Kier alpha value is -3.42. The number of anilines is 1. The van der Waals surface area contributed by atoms with Gasteiger partial charge in [0.25, 0.3) is 0 Å². The molecule has 1 atom stereocenters. The van der Waals surface area contributed by atoms with Gasteiger partial charge in [0.15, 0.2) is 0 Å². The lowest BCUT2D eigenvalue weighted by Gasteiger charge is -2.36. The van der Waals surface area contributed by atoms with Crippen molar-refractivity contribution in [2.75, 3.05) is 31.1 Å². The van der Waals surface area contributed by atoms with Crippen LogP contribution in [-0.4, -0.2) is 63.9 Å². The lowest BCUT2D eigenvalue weighted by Crippen LogP contribution is -2.55. The smallest absolute Gasteiger partial charge is 0.245 e. The Labute approximate surface area is 168 Å². The van der Waals surface area contributed by atoms with Gasteiger partial charge in [0, 0.05) is 69.0 Å². The first-order chi connectivity index (χ1) is 14.1. The molecule has 1 saturated heterocycles. The van der Waals surface area contributed by atoms with Gasteiger partial charge in [-0.25, -0.2) is 4.98 Å². The average Bonchev–Trinajstić information content (AvgIpc) is 3.16. The van der Waals surface area contributed by atoms with Crippen molar-refractivity contribution in [1.82, 2.24) is 25.2 Å². The number of nitrogens with one attached hydrogen (secondary N) is 2. The number of aromatic nitrogens is 3. The first-order valence-electron chi connectivity index (χ1n) is 9.73. The molecule has 0 saturated carbocycles. The standard InChI is InChI=1S/C21H24N6O2/c1-15(28)25-19(12-16-13-24-18-5-3-2-4-17(16)18)21(29)27-10-8-26(9-11-27)20-14-22-6-7-23-20/h2-7,13-14,19,24H,8-12H2,1H3,(H,25,28)/t19-/m0/s1. The van der Waals surface area contributed by atoms with Crippen molar-refractivity contribution in [3.05, 3.63) is 54.6 Å². The zero-order valence-corrected chi connectivity index (χ0v) is 16.3. The lowest BCUT2D eigenvalue weighted by atomic mass is 10.0. The predicted octanol–water partition coefficient (Wildman–Crippen LogP) is 1.35. The van der Waals surface area contributed by atoms with Crippen LogP contribution in [0.5, 0.6) is 0 Å². The summed E-state index contributed by atoms with van der Waals surface area (Å²) in [6, 6.07) is 7.38. The van der Waals surface area contributed by atoms with Crippen molar-refractivity contribution in [2.45, 2.75) is 19.4 Å². The fraction of sp³-hybridized carbons (Fsp3) is 0.333. The molecule has 8 nitrogen and oxygen atoms in total. The number of carbonyl (C=O) groups is 2. The molecule has 4 rings (SSSR count). The van der Waals surface area contributed by atoms with Gasteiger partial charge < -0.3 is 20.1 Å². The molecule has 0 radical (unpaired) electrons. The molecule has 2 amide bonds. The number of hydrogen-bond donors (Lipinski definition) is 2.